The molecule has 0 unspecified atom stereocenters. The lowest BCUT2D eigenvalue weighted by Gasteiger charge is -1.93. The average Bonchev–Trinajstić information content (AvgIpc) is 2.09. The second kappa shape index (κ2) is 2.48. The van der Waals surface area contributed by atoms with Crippen LogP contribution in [0.5, 0.6) is 0 Å². The van der Waals surface area contributed by atoms with Crippen LogP contribution in [0.1, 0.15) is 13.8 Å². The summed E-state index contributed by atoms with van der Waals surface area (Å²) < 4.78 is 56.0. The second-order valence-corrected chi connectivity index (χ2v) is 2.17. The Hall–Kier alpha value is -0.370. The lowest BCUT2D eigenvalue weighted by Crippen LogP contribution is -1.77. The number of hydrogen-bond donors (Lipinski definition) is 0. The van der Waals surface area contributed by atoms with Gasteiger partial charge in [0.2, 0.25) is 0 Å². The van der Waals surface area contributed by atoms with Crippen LogP contribution in [0.15, 0.2) is 22.6 Å². The molecule has 0 aliphatic carbocycles. The molecule has 2 heteroatoms. The van der Waals surface area contributed by atoms with E-state index < -0.39 is 36.4 Å². The van der Waals surface area contributed by atoms with E-state index in [9.17, 15) is 4.39 Å². The predicted molar refractivity (Wildman–Crippen MR) is 38.8 cm³/mol. The molecule has 0 atom stereocenters. The maximum absolute atomic E-state index is 13.3. The van der Waals surface area contributed by atoms with E-state index >= 15 is 0 Å². The van der Waals surface area contributed by atoms with Gasteiger partial charge in [0.25, 0.3) is 0 Å². The van der Waals surface area contributed by atoms with Crippen LogP contribution in [0.25, 0.3) is 0 Å². The molecule has 0 saturated carbocycles. The molecule has 0 aromatic heterocycles. The van der Waals surface area contributed by atoms with Crippen molar-refractivity contribution in [3.63, 3.8) is 0 Å². The Morgan fingerprint density at radius 1 is 1.78 bits per heavy atom. The summed E-state index contributed by atoms with van der Waals surface area (Å²) in [6.45, 7) is -2.76. The molecule has 9 heavy (non-hydrogen) atoms. The van der Waals surface area contributed by atoms with Crippen LogP contribution >= 0.6 is 15.9 Å². The van der Waals surface area contributed by atoms with Crippen molar-refractivity contribution in [1.29, 1.82) is 0 Å². The van der Waals surface area contributed by atoms with Crippen LogP contribution in [0.2, 0.25) is 0 Å². The van der Waals surface area contributed by atoms with Crippen molar-refractivity contribution >= 4 is 15.9 Å². The normalized spacial score (nSPS) is 20.7. The molecule has 0 radical (unpaired) electrons. The summed E-state index contributed by atoms with van der Waals surface area (Å²) in [5.74, 6) is -1.12. The first-order chi connectivity index (χ1) is 6.68. The Bertz CT molecular complexity index is 384. The molecule has 0 heterocycles. The van der Waals surface area contributed by atoms with Gasteiger partial charge in [0.1, 0.15) is 5.82 Å². The molecule has 0 aliphatic heterocycles. The molecule has 1 aromatic carbocycles. The Morgan fingerprint density at radius 2 is 2.56 bits per heavy atom. The predicted octanol–water partition coefficient (Wildman–Crippen LogP) is 2.90. The van der Waals surface area contributed by atoms with E-state index in [1.54, 1.807) is 0 Å². The fourth-order valence-corrected chi connectivity index (χ4v) is 0.566. The van der Waals surface area contributed by atoms with E-state index in [2.05, 4.69) is 15.9 Å². The zero-order valence-corrected chi connectivity index (χ0v) is 5.84. The van der Waals surface area contributed by atoms with Crippen molar-refractivity contribution in [3.8, 4) is 0 Å². The highest BCUT2D eigenvalue weighted by atomic mass is 79.9. The molecule has 0 aliphatic rings. The minimum absolute atomic E-state index is 0.356. The van der Waals surface area contributed by atoms with Crippen LogP contribution in [0, 0.1) is 12.7 Å². The molecular weight excluding hydrogens is 183 g/mol. The molecule has 0 spiro atoms. The highest BCUT2D eigenvalue weighted by Crippen LogP contribution is 2.15. The van der Waals surface area contributed by atoms with Crippen LogP contribution in [-0.2, 0) is 0 Å². The van der Waals surface area contributed by atoms with Gasteiger partial charge in [-0.1, -0.05) is 6.04 Å². The van der Waals surface area contributed by atoms with Crippen LogP contribution < -0.4 is 0 Å². The van der Waals surface area contributed by atoms with Crippen LogP contribution in [-0.4, -0.2) is 0 Å². The van der Waals surface area contributed by atoms with Gasteiger partial charge in [0.15, 0.2) is 0 Å². The fraction of sp³-hybridized carbons (Fsp3) is 0.143. The van der Waals surface area contributed by atoms with Gasteiger partial charge in [-0.3, -0.25) is 0 Å². The Labute approximate surface area is 70.3 Å². The standard InChI is InChI=1S/C7H6BrF/c1-5-2-3-6(8)7(9)4-5/h2-4H,1H3/i1D3,2D,3D,4D. The molecule has 0 nitrogen and oxygen atoms in total. The number of benzene rings is 1. The Kier molecular flexibility index (Phi) is 0.647. The smallest absolute Gasteiger partial charge is 0.137 e. The molecule has 0 amide bonds. The molecule has 1 rings (SSSR count). The molecule has 48 valence electrons. The third-order valence-corrected chi connectivity index (χ3v) is 1.27. The summed E-state index contributed by atoms with van der Waals surface area (Å²) in [6.07, 6.45) is 0. The molecule has 0 saturated heterocycles. The largest absolute Gasteiger partial charge is 0.206 e. The van der Waals surface area contributed by atoms with Gasteiger partial charge >= 0.3 is 0 Å². The van der Waals surface area contributed by atoms with Gasteiger partial charge in [0.05, 0.1) is 8.58 Å². The Morgan fingerprint density at radius 3 is 3.22 bits per heavy atom. The van der Waals surface area contributed by atoms with Crippen molar-refractivity contribution in [3.05, 3.63) is 34.0 Å². The summed E-state index contributed by atoms with van der Waals surface area (Å²) in [7, 11) is 0. The van der Waals surface area contributed by atoms with E-state index in [-0.39, 0.29) is 4.47 Å². The summed E-state index contributed by atoms with van der Waals surface area (Å²) in [6, 6.07) is -2.06. The molecule has 0 bridgehead atoms. The van der Waals surface area contributed by atoms with Crippen LogP contribution in [0.3, 0.4) is 0 Å². The lowest BCUT2D eigenvalue weighted by atomic mass is 10.2. The second-order valence-electron chi connectivity index (χ2n) is 1.38. The van der Waals surface area contributed by atoms with E-state index in [0.717, 1.165) is 0 Å². The quantitative estimate of drug-likeness (QED) is 0.597. The average molecular weight is 195 g/mol. The van der Waals surface area contributed by atoms with E-state index in [1.165, 1.54) is 0 Å². The van der Waals surface area contributed by atoms with Crippen molar-refractivity contribution in [2.45, 2.75) is 6.85 Å². The van der Waals surface area contributed by atoms with Gasteiger partial charge in [-0.25, -0.2) is 4.39 Å². The third kappa shape index (κ3) is 1.52. The fourth-order valence-electron chi connectivity index (χ4n) is 0.368. The van der Waals surface area contributed by atoms with Gasteiger partial charge in [-0.05, 0) is 40.4 Å². The minimum Gasteiger partial charge on any atom is -0.206 e. The van der Waals surface area contributed by atoms with Crippen LogP contribution in [0.4, 0.5) is 4.39 Å². The van der Waals surface area contributed by atoms with E-state index in [4.69, 9.17) is 8.22 Å². The monoisotopic (exact) mass is 194 g/mol. The first-order valence-corrected chi connectivity index (χ1v) is 2.92. The first-order valence-electron chi connectivity index (χ1n) is 5.13. The van der Waals surface area contributed by atoms with Crippen molar-refractivity contribution in [2.75, 3.05) is 0 Å². The molecular formula is C7H6BrF. The van der Waals surface area contributed by atoms with Gasteiger partial charge in [-0.2, -0.15) is 0 Å². The number of rotatable bonds is 0. The van der Waals surface area contributed by atoms with Crippen molar-refractivity contribution in [2.24, 2.45) is 0 Å². The summed E-state index contributed by atoms with van der Waals surface area (Å²) in [5, 5.41) is 0. The highest BCUT2D eigenvalue weighted by molar-refractivity contribution is 9.10. The number of halogens is 2. The first kappa shape index (κ1) is 2.35. The third-order valence-electron chi connectivity index (χ3n) is 0.725. The zero-order chi connectivity index (χ0) is 12.0. The maximum Gasteiger partial charge on any atom is 0.137 e. The molecule has 0 fully saturated rings. The summed E-state index contributed by atoms with van der Waals surface area (Å²) in [4.78, 5) is 0. The van der Waals surface area contributed by atoms with Crippen molar-refractivity contribution in [1.82, 2.24) is 0 Å². The number of hydrogen-bond acceptors (Lipinski definition) is 0. The summed E-state index contributed by atoms with van der Waals surface area (Å²) in [5.41, 5.74) is -0.729. The highest BCUT2D eigenvalue weighted by Gasteiger charge is 1.95. The van der Waals surface area contributed by atoms with Crippen molar-refractivity contribution < 1.29 is 12.6 Å². The zero-order valence-electron chi connectivity index (χ0n) is 10.3. The van der Waals surface area contributed by atoms with Gasteiger partial charge < -0.3 is 0 Å². The topological polar surface area (TPSA) is 0 Å². The molecule has 1 aromatic rings. The SMILES string of the molecule is [2H]c1c([2H])c(C([2H])([2H])[2H])c([2H])c(F)c1Br. The lowest BCUT2D eigenvalue weighted by molar-refractivity contribution is 0.620. The van der Waals surface area contributed by atoms with E-state index in [0.29, 0.717) is 0 Å². The van der Waals surface area contributed by atoms with Gasteiger partial charge in [0, 0.05) is 4.11 Å². The molecule has 0 N–H and O–H groups in total. The Balaban J connectivity index is 3.68. The summed E-state index contributed by atoms with van der Waals surface area (Å²) >= 11 is 2.70. The maximum atomic E-state index is 13.3. The van der Waals surface area contributed by atoms with Gasteiger partial charge in [-0.15, -0.1) is 0 Å². The minimum atomic E-state index is -2.76. The van der Waals surface area contributed by atoms with E-state index in [1.807, 2.05) is 0 Å².